The fourth-order valence-corrected chi connectivity index (χ4v) is 4.71. The summed E-state index contributed by atoms with van der Waals surface area (Å²) >= 11 is 0. The van der Waals surface area contributed by atoms with E-state index in [4.69, 9.17) is 0 Å². The highest BCUT2D eigenvalue weighted by Gasteiger charge is 2.32. The maximum atomic E-state index is 12.2. The number of hydrogen-bond donors (Lipinski definition) is 2. The minimum Gasteiger partial charge on any atom is -0.299 e. The molecule has 0 spiro atoms. The minimum atomic E-state index is -3.37. The molecule has 1 fully saturated rings. The number of hydrogen-bond acceptors (Lipinski definition) is 4. The molecule has 2 rings (SSSR count). The van der Waals surface area contributed by atoms with Crippen LogP contribution in [0.1, 0.15) is 39.0 Å². The van der Waals surface area contributed by atoms with Crippen molar-refractivity contribution in [3.8, 4) is 0 Å². The van der Waals surface area contributed by atoms with Crippen LogP contribution in [0.4, 0.5) is 0 Å². The Morgan fingerprint density at radius 1 is 1.27 bits per heavy atom. The molecule has 0 radical (unpaired) electrons. The highest BCUT2D eigenvalue weighted by molar-refractivity contribution is 7.89. The highest BCUT2D eigenvalue weighted by atomic mass is 32.2. The van der Waals surface area contributed by atoms with Gasteiger partial charge in [-0.05, 0) is 18.3 Å². The standard InChI is InChI=1S/C14H23N3O4S/c1-14(6-3-2-4-7-14)11-22(20,21)15-8-10-17-9-5-12(18)16-13(17)19/h5,9,15H,2-4,6-8,10-11H2,1H3,(H,16,18,19). The molecule has 1 saturated carbocycles. The zero-order chi connectivity index (χ0) is 16.2. The van der Waals surface area contributed by atoms with E-state index in [0.717, 1.165) is 25.7 Å². The van der Waals surface area contributed by atoms with E-state index in [-0.39, 0.29) is 24.3 Å². The molecular weight excluding hydrogens is 306 g/mol. The van der Waals surface area contributed by atoms with Crippen LogP contribution in [0.3, 0.4) is 0 Å². The quantitative estimate of drug-likeness (QED) is 0.790. The van der Waals surface area contributed by atoms with E-state index >= 15 is 0 Å². The van der Waals surface area contributed by atoms with Crippen molar-refractivity contribution in [3.05, 3.63) is 33.1 Å². The first-order valence-electron chi connectivity index (χ1n) is 7.57. The zero-order valence-corrected chi connectivity index (χ0v) is 13.6. The Labute approximate surface area is 129 Å². The lowest BCUT2D eigenvalue weighted by molar-refractivity contribution is 0.247. The second kappa shape index (κ2) is 6.78. The summed E-state index contributed by atoms with van der Waals surface area (Å²) in [6, 6.07) is 1.24. The third-order valence-corrected chi connectivity index (χ3v) is 5.89. The van der Waals surface area contributed by atoms with E-state index in [2.05, 4.69) is 9.71 Å². The Kier molecular flexibility index (Phi) is 5.23. The van der Waals surface area contributed by atoms with Crippen LogP contribution in [0.5, 0.6) is 0 Å². The van der Waals surface area contributed by atoms with Gasteiger partial charge in [-0.2, -0.15) is 0 Å². The summed E-state index contributed by atoms with van der Waals surface area (Å²) in [5, 5.41) is 0. The summed E-state index contributed by atoms with van der Waals surface area (Å²) < 4.78 is 28.2. The van der Waals surface area contributed by atoms with Crippen molar-refractivity contribution < 1.29 is 8.42 Å². The van der Waals surface area contributed by atoms with Gasteiger partial charge in [0.2, 0.25) is 10.0 Å². The third-order valence-electron chi connectivity index (χ3n) is 4.17. The Hall–Kier alpha value is -1.41. The summed E-state index contributed by atoms with van der Waals surface area (Å²) in [5.74, 6) is 0.126. The van der Waals surface area contributed by atoms with E-state index in [1.807, 2.05) is 6.92 Å². The fourth-order valence-electron chi connectivity index (χ4n) is 3.00. The fraction of sp³-hybridized carbons (Fsp3) is 0.714. The molecule has 0 unspecified atom stereocenters. The van der Waals surface area contributed by atoms with Crippen LogP contribution in [0.2, 0.25) is 0 Å². The van der Waals surface area contributed by atoms with Crippen molar-refractivity contribution in [3.63, 3.8) is 0 Å². The highest BCUT2D eigenvalue weighted by Crippen LogP contribution is 2.36. The smallest absolute Gasteiger partial charge is 0.299 e. The molecule has 22 heavy (non-hydrogen) atoms. The van der Waals surface area contributed by atoms with Gasteiger partial charge in [-0.15, -0.1) is 0 Å². The van der Waals surface area contributed by atoms with Crippen molar-refractivity contribution in [1.82, 2.24) is 14.3 Å². The van der Waals surface area contributed by atoms with Gasteiger partial charge in [0.05, 0.1) is 5.75 Å². The molecule has 0 bridgehead atoms. The number of aromatic amines is 1. The Morgan fingerprint density at radius 2 is 1.95 bits per heavy atom. The first-order chi connectivity index (χ1) is 10.3. The molecule has 1 aliphatic carbocycles. The molecule has 0 aromatic carbocycles. The molecule has 7 nitrogen and oxygen atoms in total. The number of aromatic nitrogens is 2. The monoisotopic (exact) mass is 329 g/mol. The first-order valence-corrected chi connectivity index (χ1v) is 9.22. The van der Waals surface area contributed by atoms with Gasteiger partial charge in [0.1, 0.15) is 0 Å². The number of H-pyrrole nitrogens is 1. The number of nitrogens with zero attached hydrogens (tertiary/aromatic N) is 1. The van der Waals surface area contributed by atoms with Gasteiger partial charge < -0.3 is 0 Å². The van der Waals surface area contributed by atoms with E-state index in [1.165, 1.54) is 23.3 Å². The molecule has 0 aliphatic heterocycles. The lowest BCUT2D eigenvalue weighted by atomic mass is 9.77. The molecule has 0 amide bonds. The van der Waals surface area contributed by atoms with Gasteiger partial charge in [-0.1, -0.05) is 26.2 Å². The second-order valence-electron chi connectivity index (χ2n) is 6.33. The van der Waals surface area contributed by atoms with E-state index in [0.29, 0.717) is 0 Å². The number of nitrogens with one attached hydrogen (secondary N) is 2. The van der Waals surface area contributed by atoms with Crippen LogP contribution < -0.4 is 16.0 Å². The van der Waals surface area contributed by atoms with Crippen LogP contribution in [0.15, 0.2) is 21.9 Å². The first kappa shape index (κ1) is 17.0. The van der Waals surface area contributed by atoms with Crippen molar-refractivity contribution in [2.75, 3.05) is 12.3 Å². The molecule has 124 valence electrons. The van der Waals surface area contributed by atoms with E-state index in [9.17, 15) is 18.0 Å². The predicted molar refractivity (Wildman–Crippen MR) is 84.3 cm³/mol. The zero-order valence-electron chi connectivity index (χ0n) is 12.8. The molecule has 1 aromatic heterocycles. The molecule has 1 heterocycles. The molecular formula is C14H23N3O4S. The third kappa shape index (κ3) is 4.81. The van der Waals surface area contributed by atoms with Gasteiger partial charge in [-0.25, -0.2) is 17.9 Å². The average molecular weight is 329 g/mol. The van der Waals surface area contributed by atoms with Crippen LogP contribution >= 0.6 is 0 Å². The summed E-state index contributed by atoms with van der Waals surface area (Å²) in [7, 11) is -3.37. The largest absolute Gasteiger partial charge is 0.328 e. The number of rotatable bonds is 6. The summed E-state index contributed by atoms with van der Waals surface area (Å²) in [5.41, 5.74) is -1.16. The summed E-state index contributed by atoms with van der Waals surface area (Å²) in [6.45, 7) is 2.34. The molecule has 2 N–H and O–H groups in total. The number of sulfonamides is 1. The maximum Gasteiger partial charge on any atom is 0.328 e. The van der Waals surface area contributed by atoms with Crippen LogP contribution in [0.25, 0.3) is 0 Å². The molecule has 8 heteroatoms. The summed E-state index contributed by atoms with van der Waals surface area (Å²) in [4.78, 5) is 24.6. The van der Waals surface area contributed by atoms with Crippen molar-refractivity contribution in [2.45, 2.75) is 45.6 Å². The van der Waals surface area contributed by atoms with Gasteiger partial charge in [0.15, 0.2) is 0 Å². The minimum absolute atomic E-state index is 0.126. The predicted octanol–water partition coefficient (Wildman–Crippen LogP) is 0.426. The topological polar surface area (TPSA) is 101 Å². The van der Waals surface area contributed by atoms with Gasteiger partial charge in [0, 0.05) is 25.4 Å². The van der Waals surface area contributed by atoms with Crippen LogP contribution in [-0.2, 0) is 16.6 Å². The molecule has 1 aromatic rings. The SMILES string of the molecule is CC1(CS(=O)(=O)NCCn2ccc(=O)[nH]c2=O)CCCCC1. The van der Waals surface area contributed by atoms with Crippen molar-refractivity contribution in [1.29, 1.82) is 0 Å². The van der Waals surface area contributed by atoms with E-state index in [1.54, 1.807) is 0 Å². The summed E-state index contributed by atoms with van der Waals surface area (Å²) in [6.07, 6.45) is 6.58. The van der Waals surface area contributed by atoms with Crippen LogP contribution in [0, 0.1) is 5.41 Å². The Bertz CT molecular complexity index is 714. The Morgan fingerprint density at radius 3 is 2.59 bits per heavy atom. The lowest BCUT2D eigenvalue weighted by Gasteiger charge is -2.33. The van der Waals surface area contributed by atoms with Gasteiger partial charge in [0.25, 0.3) is 5.56 Å². The molecule has 0 atom stereocenters. The Balaban J connectivity index is 1.89. The normalized spacial score (nSPS) is 18.2. The lowest BCUT2D eigenvalue weighted by Crippen LogP contribution is -2.39. The maximum absolute atomic E-state index is 12.2. The average Bonchev–Trinajstić information content (AvgIpc) is 2.40. The van der Waals surface area contributed by atoms with Crippen molar-refractivity contribution in [2.24, 2.45) is 5.41 Å². The molecule has 0 saturated heterocycles. The second-order valence-corrected chi connectivity index (χ2v) is 8.14. The van der Waals surface area contributed by atoms with Gasteiger partial charge in [-0.3, -0.25) is 14.3 Å². The van der Waals surface area contributed by atoms with Crippen LogP contribution in [-0.4, -0.2) is 30.3 Å². The van der Waals surface area contributed by atoms with E-state index < -0.39 is 21.3 Å². The van der Waals surface area contributed by atoms with Gasteiger partial charge >= 0.3 is 5.69 Å². The molecule has 1 aliphatic rings. The van der Waals surface area contributed by atoms with Crippen molar-refractivity contribution >= 4 is 10.0 Å².